The minimum atomic E-state index is -0.181. The van der Waals surface area contributed by atoms with Crippen LogP contribution in [0.2, 0.25) is 0 Å². The maximum atomic E-state index is 14.5. The highest BCUT2D eigenvalue weighted by atomic mass is 19.1. The van der Waals surface area contributed by atoms with Crippen LogP contribution in [0.5, 0.6) is 0 Å². The summed E-state index contributed by atoms with van der Waals surface area (Å²) >= 11 is 0. The second-order valence-corrected chi connectivity index (χ2v) is 8.35. The molecule has 3 heterocycles. The van der Waals surface area contributed by atoms with Gasteiger partial charge in [-0.3, -0.25) is 4.90 Å². The van der Waals surface area contributed by atoms with Crippen LogP contribution in [0, 0.1) is 5.82 Å². The fraction of sp³-hybridized carbons (Fsp3) is 0.360. The molecule has 0 aliphatic carbocycles. The van der Waals surface area contributed by atoms with Gasteiger partial charge in [-0.25, -0.2) is 14.4 Å². The van der Waals surface area contributed by atoms with Gasteiger partial charge in [0.1, 0.15) is 17.5 Å². The predicted octanol–water partition coefficient (Wildman–Crippen LogP) is 4.31. The normalized spacial score (nSPS) is 18.7. The van der Waals surface area contributed by atoms with Crippen molar-refractivity contribution in [2.75, 3.05) is 25.5 Å². The van der Waals surface area contributed by atoms with E-state index in [1.54, 1.807) is 6.07 Å². The molecule has 5 rings (SSSR count). The van der Waals surface area contributed by atoms with E-state index in [0.29, 0.717) is 5.56 Å². The van der Waals surface area contributed by atoms with Gasteiger partial charge in [-0.2, -0.15) is 0 Å². The van der Waals surface area contributed by atoms with Gasteiger partial charge < -0.3 is 10.6 Å². The van der Waals surface area contributed by atoms with E-state index in [2.05, 4.69) is 21.6 Å². The van der Waals surface area contributed by atoms with E-state index in [1.165, 1.54) is 18.1 Å². The van der Waals surface area contributed by atoms with Gasteiger partial charge in [0.15, 0.2) is 0 Å². The molecule has 5 nitrogen and oxygen atoms in total. The maximum Gasteiger partial charge on any atom is 0.147 e. The highest BCUT2D eigenvalue weighted by Crippen LogP contribution is 2.31. The molecule has 6 heteroatoms. The molecule has 2 aromatic carbocycles. The Morgan fingerprint density at radius 1 is 1.10 bits per heavy atom. The van der Waals surface area contributed by atoms with Crippen LogP contribution in [0.25, 0.3) is 11.1 Å². The standard InChI is InChI=1S/C25H28FN5/c1-27-24-20-12-14-31(16-23(20)29-25(30-24)22-11-6-13-28-22)15-17-7-2-3-8-18(17)19-9-4-5-10-21(19)26/h2-5,7-10,22,28H,6,11-16H2,1H3,(H,27,29,30)/t22-/m1/s1. The third-order valence-electron chi connectivity index (χ3n) is 6.35. The van der Waals surface area contributed by atoms with Crippen molar-refractivity contribution in [2.24, 2.45) is 0 Å². The minimum absolute atomic E-state index is 0.181. The van der Waals surface area contributed by atoms with E-state index >= 15 is 0 Å². The first-order valence-corrected chi connectivity index (χ1v) is 11.1. The lowest BCUT2D eigenvalue weighted by atomic mass is 9.97. The Balaban J connectivity index is 1.42. The molecule has 0 spiro atoms. The Morgan fingerprint density at radius 3 is 2.68 bits per heavy atom. The average molecular weight is 418 g/mol. The van der Waals surface area contributed by atoms with Crippen molar-refractivity contribution in [1.82, 2.24) is 20.2 Å². The number of hydrogen-bond acceptors (Lipinski definition) is 5. The van der Waals surface area contributed by atoms with Gasteiger partial charge in [-0.1, -0.05) is 42.5 Å². The Morgan fingerprint density at radius 2 is 1.90 bits per heavy atom. The van der Waals surface area contributed by atoms with Crippen LogP contribution in [-0.2, 0) is 19.5 Å². The molecule has 0 bridgehead atoms. The van der Waals surface area contributed by atoms with Crippen LogP contribution >= 0.6 is 0 Å². The van der Waals surface area contributed by atoms with Crippen LogP contribution in [-0.4, -0.2) is 35.0 Å². The average Bonchev–Trinajstić information content (AvgIpc) is 3.34. The summed E-state index contributed by atoms with van der Waals surface area (Å²) in [4.78, 5) is 12.2. The monoisotopic (exact) mass is 417 g/mol. The number of hydrogen-bond donors (Lipinski definition) is 2. The summed E-state index contributed by atoms with van der Waals surface area (Å²) in [7, 11) is 1.94. The maximum absolute atomic E-state index is 14.5. The topological polar surface area (TPSA) is 53.1 Å². The summed E-state index contributed by atoms with van der Waals surface area (Å²) < 4.78 is 14.5. The number of benzene rings is 2. The molecule has 2 N–H and O–H groups in total. The van der Waals surface area contributed by atoms with E-state index < -0.39 is 0 Å². The summed E-state index contributed by atoms with van der Waals surface area (Å²) in [6.07, 6.45) is 3.16. The summed E-state index contributed by atoms with van der Waals surface area (Å²) in [5, 5.41) is 6.79. The van der Waals surface area contributed by atoms with E-state index in [0.717, 1.165) is 67.5 Å². The van der Waals surface area contributed by atoms with Crippen LogP contribution in [0.3, 0.4) is 0 Å². The Labute approximate surface area is 182 Å². The molecule has 3 aromatic rings. The van der Waals surface area contributed by atoms with E-state index in [-0.39, 0.29) is 11.9 Å². The number of nitrogens with zero attached hydrogens (tertiary/aromatic N) is 3. The largest absolute Gasteiger partial charge is 0.373 e. The van der Waals surface area contributed by atoms with Gasteiger partial charge in [-0.05, 0) is 43.0 Å². The first kappa shape index (κ1) is 20.1. The zero-order chi connectivity index (χ0) is 21.2. The van der Waals surface area contributed by atoms with Gasteiger partial charge in [0.25, 0.3) is 0 Å². The second kappa shape index (κ2) is 8.73. The summed E-state index contributed by atoms with van der Waals surface area (Å²) in [5.41, 5.74) is 5.09. The highest BCUT2D eigenvalue weighted by molar-refractivity contribution is 5.67. The van der Waals surface area contributed by atoms with E-state index in [9.17, 15) is 4.39 Å². The fourth-order valence-electron chi connectivity index (χ4n) is 4.75. The number of aromatic nitrogens is 2. The summed E-state index contributed by atoms with van der Waals surface area (Å²) in [6, 6.07) is 15.4. The van der Waals surface area contributed by atoms with E-state index in [4.69, 9.17) is 9.97 Å². The van der Waals surface area contributed by atoms with Crippen LogP contribution < -0.4 is 10.6 Å². The fourth-order valence-corrected chi connectivity index (χ4v) is 4.75. The lowest BCUT2D eigenvalue weighted by Gasteiger charge is -2.30. The van der Waals surface area contributed by atoms with Crippen molar-refractivity contribution in [3.8, 4) is 11.1 Å². The molecular weight excluding hydrogens is 389 g/mol. The second-order valence-electron chi connectivity index (χ2n) is 8.35. The van der Waals surface area contributed by atoms with Crippen LogP contribution in [0.1, 0.15) is 41.5 Å². The third kappa shape index (κ3) is 4.05. The van der Waals surface area contributed by atoms with Crippen molar-refractivity contribution in [3.63, 3.8) is 0 Å². The molecule has 2 aliphatic rings. The van der Waals surface area contributed by atoms with Crippen molar-refractivity contribution < 1.29 is 4.39 Å². The molecule has 0 saturated carbocycles. The van der Waals surface area contributed by atoms with Crippen molar-refractivity contribution >= 4 is 5.82 Å². The predicted molar refractivity (Wildman–Crippen MR) is 121 cm³/mol. The lowest BCUT2D eigenvalue weighted by molar-refractivity contribution is 0.241. The zero-order valence-corrected chi connectivity index (χ0v) is 17.9. The molecule has 1 saturated heterocycles. The minimum Gasteiger partial charge on any atom is -0.373 e. The van der Waals surface area contributed by atoms with Gasteiger partial charge in [-0.15, -0.1) is 0 Å². The number of anilines is 1. The summed E-state index contributed by atoms with van der Waals surface area (Å²) in [6.45, 7) is 3.49. The van der Waals surface area contributed by atoms with Gasteiger partial charge in [0.05, 0.1) is 11.7 Å². The Kier molecular flexibility index (Phi) is 5.66. The number of rotatable bonds is 5. The molecule has 2 aliphatic heterocycles. The highest BCUT2D eigenvalue weighted by Gasteiger charge is 2.26. The quantitative estimate of drug-likeness (QED) is 0.648. The molecule has 1 aromatic heterocycles. The molecule has 1 fully saturated rings. The summed E-state index contributed by atoms with van der Waals surface area (Å²) in [5.74, 6) is 1.67. The molecule has 1 atom stereocenters. The molecule has 160 valence electrons. The molecule has 31 heavy (non-hydrogen) atoms. The van der Waals surface area contributed by atoms with Crippen molar-refractivity contribution in [1.29, 1.82) is 0 Å². The van der Waals surface area contributed by atoms with E-state index in [1.807, 2.05) is 37.4 Å². The molecule has 0 amide bonds. The van der Waals surface area contributed by atoms with Gasteiger partial charge in [0.2, 0.25) is 0 Å². The van der Waals surface area contributed by atoms with Crippen LogP contribution in [0.4, 0.5) is 10.2 Å². The molecular formula is C25H28FN5. The zero-order valence-electron chi connectivity index (χ0n) is 17.9. The third-order valence-corrected chi connectivity index (χ3v) is 6.35. The first-order chi connectivity index (χ1) is 15.2. The SMILES string of the molecule is CNc1nc([C@H]2CCCN2)nc2c1CCN(Cc1ccccc1-c1ccccc1F)C2. The number of halogens is 1. The van der Waals surface area contributed by atoms with Crippen LogP contribution in [0.15, 0.2) is 48.5 Å². The van der Waals surface area contributed by atoms with Gasteiger partial charge in [0, 0.05) is 37.8 Å². The molecule has 0 radical (unpaired) electrons. The lowest BCUT2D eigenvalue weighted by Crippen LogP contribution is -2.32. The number of nitrogens with one attached hydrogen (secondary N) is 2. The number of fused-ring (bicyclic) bond motifs is 1. The van der Waals surface area contributed by atoms with Gasteiger partial charge >= 0.3 is 0 Å². The Bertz CT molecular complexity index is 1080. The smallest absolute Gasteiger partial charge is 0.147 e. The first-order valence-electron chi connectivity index (χ1n) is 11.1. The molecule has 0 unspecified atom stereocenters. The Hall–Kier alpha value is -2.83. The van der Waals surface area contributed by atoms with Crippen molar-refractivity contribution in [3.05, 3.63) is 77.0 Å². The van der Waals surface area contributed by atoms with Crippen molar-refractivity contribution in [2.45, 2.75) is 38.4 Å².